The Hall–Kier alpha value is -3.39. The van der Waals surface area contributed by atoms with Gasteiger partial charge < -0.3 is 20.5 Å². The first kappa shape index (κ1) is 18.0. The predicted molar refractivity (Wildman–Crippen MR) is 109 cm³/mol. The molecule has 0 aliphatic carbocycles. The van der Waals surface area contributed by atoms with E-state index in [0.29, 0.717) is 43.5 Å². The fraction of sp³-hybridized carbons (Fsp3) is 0.100. The van der Waals surface area contributed by atoms with Crippen molar-refractivity contribution in [2.45, 2.75) is 0 Å². The molecule has 0 bridgehead atoms. The number of rotatable bonds is 4. The van der Waals surface area contributed by atoms with Crippen LogP contribution in [0.25, 0.3) is 21.1 Å². The summed E-state index contributed by atoms with van der Waals surface area (Å²) in [6.07, 6.45) is 0. The molecule has 8 heteroatoms. The van der Waals surface area contributed by atoms with Crippen molar-refractivity contribution in [1.29, 1.82) is 0 Å². The number of aromatic nitrogens is 1. The van der Waals surface area contributed by atoms with Crippen molar-refractivity contribution < 1.29 is 18.7 Å². The average Bonchev–Trinajstić information content (AvgIpc) is 3.01. The molecule has 4 aromatic rings. The number of benzene rings is 2. The number of hydrogen-bond donors (Lipinski definition) is 2. The van der Waals surface area contributed by atoms with Crippen LogP contribution in [-0.4, -0.2) is 25.1 Å². The molecule has 142 valence electrons. The van der Waals surface area contributed by atoms with E-state index >= 15 is 0 Å². The molecule has 0 atom stereocenters. The van der Waals surface area contributed by atoms with Crippen LogP contribution in [0.4, 0.5) is 15.8 Å². The zero-order valence-electron chi connectivity index (χ0n) is 15.1. The zero-order chi connectivity index (χ0) is 19.8. The van der Waals surface area contributed by atoms with E-state index in [2.05, 4.69) is 10.3 Å². The first-order chi connectivity index (χ1) is 13.5. The molecule has 2 aromatic heterocycles. The Balaban J connectivity index is 1.78. The molecule has 28 heavy (non-hydrogen) atoms. The molecule has 0 saturated heterocycles. The van der Waals surface area contributed by atoms with Crippen molar-refractivity contribution >= 4 is 49.7 Å². The van der Waals surface area contributed by atoms with E-state index in [1.807, 2.05) is 12.1 Å². The van der Waals surface area contributed by atoms with Crippen LogP contribution in [0.1, 0.15) is 9.67 Å². The summed E-state index contributed by atoms with van der Waals surface area (Å²) in [7, 11) is 3.11. The summed E-state index contributed by atoms with van der Waals surface area (Å²) >= 11 is 1.18. The van der Waals surface area contributed by atoms with Crippen LogP contribution in [0.3, 0.4) is 0 Å². The number of nitrogens with zero attached hydrogens (tertiary/aromatic N) is 1. The van der Waals surface area contributed by atoms with Gasteiger partial charge in [0.25, 0.3) is 5.91 Å². The number of amides is 1. The number of hydrogen-bond acceptors (Lipinski definition) is 6. The Morgan fingerprint density at radius 3 is 2.61 bits per heavy atom. The maximum atomic E-state index is 13.3. The summed E-state index contributed by atoms with van der Waals surface area (Å²) in [5.74, 6) is 0.299. The van der Waals surface area contributed by atoms with Crippen LogP contribution in [0.2, 0.25) is 0 Å². The van der Waals surface area contributed by atoms with Crippen molar-refractivity contribution in [3.05, 3.63) is 53.2 Å². The fourth-order valence-corrected chi connectivity index (χ4v) is 3.93. The van der Waals surface area contributed by atoms with E-state index in [0.717, 1.165) is 5.39 Å². The van der Waals surface area contributed by atoms with E-state index in [9.17, 15) is 9.18 Å². The minimum atomic E-state index is -0.432. The number of nitrogens with two attached hydrogens (primary N) is 1. The number of nitrogen functional groups attached to an aromatic ring is 1. The predicted octanol–water partition coefficient (Wildman–Crippen LogP) is 4.44. The Bertz CT molecular complexity index is 1220. The third-order valence-electron chi connectivity index (χ3n) is 4.31. The Labute approximate surface area is 163 Å². The van der Waals surface area contributed by atoms with Gasteiger partial charge in [0.05, 0.1) is 25.4 Å². The quantitative estimate of drug-likeness (QED) is 0.532. The van der Waals surface area contributed by atoms with Crippen LogP contribution in [0.5, 0.6) is 11.5 Å². The molecular weight excluding hydrogens is 381 g/mol. The molecule has 0 saturated carbocycles. The highest BCUT2D eigenvalue weighted by molar-refractivity contribution is 7.21. The highest BCUT2D eigenvalue weighted by Crippen LogP contribution is 2.38. The minimum absolute atomic E-state index is 0.320. The number of carbonyl (C=O) groups is 1. The molecule has 0 unspecified atom stereocenters. The lowest BCUT2D eigenvalue weighted by molar-refractivity contribution is 0.103. The van der Waals surface area contributed by atoms with Crippen molar-refractivity contribution in [3.63, 3.8) is 0 Å². The Morgan fingerprint density at radius 2 is 1.89 bits per heavy atom. The van der Waals surface area contributed by atoms with Crippen LogP contribution < -0.4 is 20.5 Å². The molecule has 3 N–H and O–H groups in total. The fourth-order valence-electron chi connectivity index (χ4n) is 2.95. The molecule has 0 fully saturated rings. The topological polar surface area (TPSA) is 86.5 Å². The number of carbonyl (C=O) groups excluding carboxylic acids is 1. The third-order valence-corrected chi connectivity index (χ3v) is 5.42. The average molecular weight is 397 g/mol. The van der Waals surface area contributed by atoms with Gasteiger partial charge in [0.1, 0.15) is 15.5 Å². The molecule has 1 amide bonds. The smallest absolute Gasteiger partial charge is 0.267 e. The second-order valence-electron chi connectivity index (χ2n) is 6.05. The van der Waals surface area contributed by atoms with Gasteiger partial charge in [0.15, 0.2) is 11.5 Å². The summed E-state index contributed by atoms with van der Waals surface area (Å²) in [6.45, 7) is 0. The molecule has 4 rings (SSSR count). The molecule has 6 nitrogen and oxygen atoms in total. The van der Waals surface area contributed by atoms with Crippen molar-refractivity contribution in [3.8, 4) is 11.5 Å². The molecule has 2 aromatic carbocycles. The van der Waals surface area contributed by atoms with Crippen LogP contribution >= 0.6 is 11.3 Å². The van der Waals surface area contributed by atoms with Gasteiger partial charge in [0.2, 0.25) is 0 Å². The molecule has 0 radical (unpaired) electrons. The lowest BCUT2D eigenvalue weighted by atomic mass is 10.1. The second kappa shape index (κ2) is 6.97. The summed E-state index contributed by atoms with van der Waals surface area (Å²) in [5.41, 5.74) is 7.61. The van der Waals surface area contributed by atoms with Crippen molar-refractivity contribution in [2.75, 3.05) is 25.3 Å². The van der Waals surface area contributed by atoms with Crippen LogP contribution in [0.15, 0.2) is 42.5 Å². The number of pyridine rings is 1. The Kier molecular flexibility index (Phi) is 4.48. The van der Waals surface area contributed by atoms with Gasteiger partial charge in [-0.15, -0.1) is 11.3 Å². The lowest BCUT2D eigenvalue weighted by Gasteiger charge is -2.08. The van der Waals surface area contributed by atoms with Crippen molar-refractivity contribution in [1.82, 2.24) is 4.98 Å². The minimum Gasteiger partial charge on any atom is -0.493 e. The molecule has 0 aliphatic rings. The molecule has 2 heterocycles. The van der Waals surface area contributed by atoms with Gasteiger partial charge in [0, 0.05) is 22.5 Å². The number of thiophene rings is 1. The van der Waals surface area contributed by atoms with E-state index in [1.54, 1.807) is 26.4 Å². The van der Waals surface area contributed by atoms with Gasteiger partial charge in [-0.1, -0.05) is 6.07 Å². The monoisotopic (exact) mass is 397 g/mol. The highest BCUT2D eigenvalue weighted by atomic mass is 32.1. The maximum Gasteiger partial charge on any atom is 0.267 e. The van der Waals surface area contributed by atoms with Gasteiger partial charge in [-0.3, -0.25) is 4.79 Å². The Morgan fingerprint density at radius 1 is 1.14 bits per heavy atom. The lowest BCUT2D eigenvalue weighted by Crippen LogP contribution is -2.12. The summed E-state index contributed by atoms with van der Waals surface area (Å²) in [4.78, 5) is 18.2. The first-order valence-corrected chi connectivity index (χ1v) is 9.13. The normalized spacial score (nSPS) is 11.0. The number of ether oxygens (including phenoxy) is 2. The zero-order valence-corrected chi connectivity index (χ0v) is 15.9. The molecule has 0 spiro atoms. The summed E-state index contributed by atoms with van der Waals surface area (Å²) < 4.78 is 24.0. The molecule has 0 aliphatic heterocycles. The van der Waals surface area contributed by atoms with Gasteiger partial charge in [-0.05, 0) is 30.3 Å². The van der Waals surface area contributed by atoms with Gasteiger partial charge >= 0.3 is 0 Å². The van der Waals surface area contributed by atoms with E-state index < -0.39 is 11.7 Å². The number of nitrogens with one attached hydrogen (secondary N) is 1. The maximum absolute atomic E-state index is 13.3. The van der Waals surface area contributed by atoms with Crippen molar-refractivity contribution in [2.24, 2.45) is 0 Å². The largest absolute Gasteiger partial charge is 0.493 e. The van der Waals surface area contributed by atoms with Gasteiger partial charge in [-0.2, -0.15) is 0 Å². The number of halogens is 1. The van der Waals surface area contributed by atoms with E-state index in [4.69, 9.17) is 15.2 Å². The number of methoxy groups -OCH3 is 2. The van der Waals surface area contributed by atoms with Crippen LogP contribution in [-0.2, 0) is 0 Å². The summed E-state index contributed by atoms with van der Waals surface area (Å²) in [6, 6.07) is 11.1. The van der Waals surface area contributed by atoms with Gasteiger partial charge in [-0.25, -0.2) is 9.37 Å². The summed E-state index contributed by atoms with van der Waals surface area (Å²) in [5, 5.41) is 4.15. The van der Waals surface area contributed by atoms with Crippen LogP contribution in [0, 0.1) is 5.82 Å². The SMILES string of the molecule is COc1cc2cc3c(N)c(C(=O)Nc4cccc(F)c4)sc3nc2cc1OC. The second-order valence-corrected chi connectivity index (χ2v) is 7.05. The highest BCUT2D eigenvalue weighted by Gasteiger charge is 2.19. The standard InChI is InChI=1S/C20H16FN3O3S/c1-26-15-7-10-6-13-17(22)18(19(25)23-12-5-3-4-11(21)8-12)28-20(13)24-14(10)9-16(15)27-2/h3-9H,22H2,1-2H3,(H,23,25). The third kappa shape index (κ3) is 3.07. The number of fused-ring (bicyclic) bond motifs is 2. The van der Waals surface area contributed by atoms with E-state index in [1.165, 1.54) is 29.5 Å². The first-order valence-electron chi connectivity index (χ1n) is 8.32. The molecular formula is C20H16FN3O3S. The van der Waals surface area contributed by atoms with E-state index in [-0.39, 0.29) is 0 Å². The number of anilines is 2.